The number of para-hydroxylation sites is 1. The average molecular weight is 304 g/mol. The van der Waals surface area contributed by atoms with Gasteiger partial charge >= 0.3 is 0 Å². The van der Waals surface area contributed by atoms with E-state index in [1.165, 1.54) is 24.3 Å². The zero-order valence-corrected chi connectivity index (χ0v) is 11.1. The van der Waals surface area contributed by atoms with Gasteiger partial charge in [0.25, 0.3) is 5.69 Å². The predicted octanol–water partition coefficient (Wildman–Crippen LogP) is 3.52. The summed E-state index contributed by atoms with van der Waals surface area (Å²) in [4.78, 5) is 21.9. The van der Waals surface area contributed by atoms with Gasteiger partial charge in [-0.15, -0.1) is 0 Å². The van der Waals surface area contributed by atoms with Gasteiger partial charge in [0.15, 0.2) is 0 Å². The van der Waals surface area contributed by atoms with Crippen LogP contribution < -0.4 is 5.32 Å². The van der Waals surface area contributed by atoms with Crippen LogP contribution in [0, 0.1) is 21.7 Å². The van der Waals surface area contributed by atoms with Gasteiger partial charge in [-0.05, 0) is 24.3 Å². The maximum atomic E-state index is 13.4. The van der Waals surface area contributed by atoms with Crippen LogP contribution >= 0.6 is 0 Å². The quantitative estimate of drug-likeness (QED) is 0.533. The van der Waals surface area contributed by atoms with Crippen LogP contribution in [0.25, 0.3) is 6.08 Å². The van der Waals surface area contributed by atoms with Crippen LogP contribution in [0.1, 0.15) is 5.56 Å². The summed E-state index contributed by atoms with van der Waals surface area (Å²) in [5.41, 5.74) is -0.0969. The van der Waals surface area contributed by atoms with Gasteiger partial charge in [0, 0.05) is 18.2 Å². The number of carbonyl (C=O) groups excluding carboxylic acids is 1. The Morgan fingerprint density at radius 1 is 1.18 bits per heavy atom. The van der Waals surface area contributed by atoms with Crippen molar-refractivity contribution in [2.45, 2.75) is 0 Å². The van der Waals surface area contributed by atoms with Crippen molar-refractivity contribution in [3.05, 3.63) is 75.9 Å². The molecule has 0 saturated carbocycles. The first-order valence-electron chi connectivity index (χ1n) is 6.15. The molecule has 0 unspecified atom stereocenters. The maximum Gasteiger partial charge on any atom is 0.276 e. The molecule has 112 valence electrons. The van der Waals surface area contributed by atoms with Gasteiger partial charge in [0.2, 0.25) is 5.91 Å². The molecule has 2 aromatic rings. The highest BCUT2D eigenvalue weighted by Crippen LogP contribution is 2.19. The number of nitro groups is 1. The Labute approximate surface area is 124 Å². The molecule has 7 heteroatoms. The van der Waals surface area contributed by atoms with E-state index in [0.29, 0.717) is 6.07 Å². The summed E-state index contributed by atoms with van der Waals surface area (Å²) < 4.78 is 26.1. The molecule has 0 radical (unpaired) electrons. The van der Waals surface area contributed by atoms with Gasteiger partial charge in [-0.1, -0.05) is 12.1 Å². The molecule has 0 bridgehead atoms. The zero-order valence-electron chi connectivity index (χ0n) is 11.1. The van der Waals surface area contributed by atoms with Gasteiger partial charge in [-0.2, -0.15) is 0 Å². The number of benzene rings is 2. The zero-order chi connectivity index (χ0) is 16.1. The minimum Gasteiger partial charge on any atom is -0.320 e. The molecule has 2 rings (SSSR count). The second kappa shape index (κ2) is 6.57. The van der Waals surface area contributed by atoms with Crippen molar-refractivity contribution in [2.24, 2.45) is 0 Å². The average Bonchev–Trinajstić information content (AvgIpc) is 2.48. The first-order valence-corrected chi connectivity index (χ1v) is 6.15. The smallest absolute Gasteiger partial charge is 0.276 e. The van der Waals surface area contributed by atoms with Gasteiger partial charge in [0.1, 0.15) is 11.6 Å². The molecule has 0 atom stereocenters. The van der Waals surface area contributed by atoms with Crippen LogP contribution in [0.4, 0.5) is 20.2 Å². The van der Waals surface area contributed by atoms with E-state index in [4.69, 9.17) is 0 Å². The molecular formula is C15H10F2N2O3. The summed E-state index contributed by atoms with van der Waals surface area (Å²) in [6.07, 6.45) is 2.28. The van der Waals surface area contributed by atoms with E-state index in [1.54, 1.807) is 6.07 Å². The molecule has 22 heavy (non-hydrogen) atoms. The third kappa shape index (κ3) is 3.72. The first-order chi connectivity index (χ1) is 10.5. The summed E-state index contributed by atoms with van der Waals surface area (Å²) in [6, 6.07) is 8.60. The van der Waals surface area contributed by atoms with Gasteiger partial charge in [0.05, 0.1) is 16.2 Å². The van der Waals surface area contributed by atoms with Gasteiger partial charge < -0.3 is 5.32 Å². The van der Waals surface area contributed by atoms with Crippen LogP contribution in [0.15, 0.2) is 48.5 Å². The van der Waals surface area contributed by atoms with Crippen molar-refractivity contribution in [3.63, 3.8) is 0 Å². The van der Waals surface area contributed by atoms with Crippen LogP contribution in [0.2, 0.25) is 0 Å². The van der Waals surface area contributed by atoms with E-state index in [-0.39, 0.29) is 16.9 Å². The monoisotopic (exact) mass is 304 g/mol. The number of amides is 1. The number of halogens is 2. The lowest BCUT2D eigenvalue weighted by molar-refractivity contribution is -0.385. The van der Waals surface area contributed by atoms with Crippen molar-refractivity contribution in [3.8, 4) is 0 Å². The Kier molecular flexibility index (Phi) is 4.57. The van der Waals surface area contributed by atoms with E-state index in [1.807, 2.05) is 0 Å². The Balaban J connectivity index is 2.14. The highest BCUT2D eigenvalue weighted by Gasteiger charge is 2.10. The molecular weight excluding hydrogens is 294 g/mol. The van der Waals surface area contributed by atoms with E-state index in [0.717, 1.165) is 18.2 Å². The fourth-order valence-corrected chi connectivity index (χ4v) is 1.73. The van der Waals surface area contributed by atoms with Gasteiger partial charge in [-0.3, -0.25) is 14.9 Å². The van der Waals surface area contributed by atoms with E-state index in [9.17, 15) is 23.7 Å². The molecule has 0 spiro atoms. The van der Waals surface area contributed by atoms with Crippen LogP contribution in [-0.2, 0) is 4.79 Å². The largest absolute Gasteiger partial charge is 0.320 e. The van der Waals surface area contributed by atoms with Crippen molar-refractivity contribution in [1.29, 1.82) is 0 Å². The normalized spacial score (nSPS) is 10.6. The molecule has 0 aliphatic heterocycles. The van der Waals surface area contributed by atoms with Crippen LogP contribution in [0.3, 0.4) is 0 Å². The Hall–Kier alpha value is -3.09. The summed E-state index contributed by atoms with van der Waals surface area (Å²) in [5, 5.41) is 13.0. The second-order valence-corrected chi connectivity index (χ2v) is 4.26. The minimum absolute atomic E-state index is 0.153. The van der Waals surface area contributed by atoms with Crippen LogP contribution in [0.5, 0.6) is 0 Å². The van der Waals surface area contributed by atoms with Crippen molar-refractivity contribution >= 4 is 23.4 Å². The summed E-state index contributed by atoms with van der Waals surface area (Å²) >= 11 is 0. The topological polar surface area (TPSA) is 72.2 Å². The van der Waals surface area contributed by atoms with Crippen molar-refractivity contribution in [2.75, 3.05) is 5.32 Å². The Morgan fingerprint density at radius 2 is 1.91 bits per heavy atom. The van der Waals surface area contributed by atoms with Crippen molar-refractivity contribution in [1.82, 2.24) is 0 Å². The third-order valence-corrected chi connectivity index (χ3v) is 2.74. The summed E-state index contributed by atoms with van der Waals surface area (Å²) in [7, 11) is 0. The molecule has 1 amide bonds. The molecule has 0 aliphatic carbocycles. The van der Waals surface area contributed by atoms with E-state index in [2.05, 4.69) is 5.32 Å². The lowest BCUT2D eigenvalue weighted by Gasteiger charge is -2.03. The fraction of sp³-hybridized carbons (Fsp3) is 0. The second-order valence-electron chi connectivity index (χ2n) is 4.26. The molecule has 5 nitrogen and oxygen atoms in total. The summed E-state index contributed by atoms with van der Waals surface area (Å²) in [5.74, 6) is -2.36. The first kappa shape index (κ1) is 15.3. The molecule has 1 N–H and O–H groups in total. The Morgan fingerprint density at radius 3 is 2.59 bits per heavy atom. The molecule has 0 fully saturated rings. The standard InChI is InChI=1S/C15H10F2N2O3/c16-11-6-7-13(12(17)9-11)18-15(20)8-5-10-3-1-2-4-14(10)19(21)22/h1-9H,(H,18,20). The number of hydrogen-bond acceptors (Lipinski definition) is 3. The lowest BCUT2D eigenvalue weighted by atomic mass is 10.1. The van der Waals surface area contributed by atoms with Gasteiger partial charge in [-0.25, -0.2) is 8.78 Å². The summed E-state index contributed by atoms with van der Waals surface area (Å²) in [6.45, 7) is 0. The maximum absolute atomic E-state index is 13.4. The van der Waals surface area contributed by atoms with E-state index >= 15 is 0 Å². The number of rotatable bonds is 4. The minimum atomic E-state index is -0.910. The SMILES string of the molecule is O=C(C=Cc1ccccc1[N+](=O)[O-])Nc1ccc(F)cc1F. The number of carbonyl (C=O) groups is 1. The van der Waals surface area contributed by atoms with E-state index < -0.39 is 22.5 Å². The number of nitrogens with one attached hydrogen (secondary N) is 1. The lowest BCUT2D eigenvalue weighted by Crippen LogP contribution is -2.09. The molecule has 0 heterocycles. The molecule has 0 aromatic heterocycles. The highest BCUT2D eigenvalue weighted by atomic mass is 19.1. The number of nitrogens with zero attached hydrogens (tertiary/aromatic N) is 1. The number of nitro benzene ring substituents is 1. The molecule has 0 aliphatic rings. The highest BCUT2D eigenvalue weighted by molar-refractivity contribution is 6.02. The van der Waals surface area contributed by atoms with Crippen molar-refractivity contribution < 1.29 is 18.5 Å². The number of hydrogen-bond donors (Lipinski definition) is 1. The number of anilines is 1. The fourth-order valence-electron chi connectivity index (χ4n) is 1.73. The Bertz CT molecular complexity index is 760. The third-order valence-electron chi connectivity index (χ3n) is 2.74. The predicted molar refractivity (Wildman–Crippen MR) is 77.1 cm³/mol. The van der Waals surface area contributed by atoms with Crippen LogP contribution in [-0.4, -0.2) is 10.8 Å². The molecule has 2 aromatic carbocycles. The molecule has 0 saturated heterocycles.